The first-order valence-electron chi connectivity index (χ1n) is 8.00. The fourth-order valence-corrected chi connectivity index (χ4v) is 2.51. The van der Waals surface area contributed by atoms with Gasteiger partial charge in [-0.05, 0) is 35.7 Å². The van der Waals surface area contributed by atoms with Crippen molar-refractivity contribution in [1.29, 1.82) is 0 Å². The quantitative estimate of drug-likeness (QED) is 0.676. The summed E-state index contributed by atoms with van der Waals surface area (Å²) < 4.78 is 0. The van der Waals surface area contributed by atoms with Crippen LogP contribution in [0.1, 0.15) is 18.1 Å². The van der Waals surface area contributed by atoms with E-state index in [4.69, 9.17) is 0 Å². The molecule has 0 saturated carbocycles. The fraction of sp³-hybridized carbons (Fsp3) is 0.150. The number of aromatic nitrogens is 1. The normalized spacial score (nSPS) is 12.6. The molecule has 3 rings (SSSR count). The zero-order valence-corrected chi connectivity index (χ0v) is 13.8. The molecule has 5 heteroatoms. The zero-order valence-electron chi connectivity index (χ0n) is 13.8. The van der Waals surface area contributed by atoms with Crippen LogP contribution in [0.2, 0.25) is 0 Å². The largest absolute Gasteiger partial charge is 0.392 e. The summed E-state index contributed by atoms with van der Waals surface area (Å²) in [6.07, 6.45) is 6.81. The van der Waals surface area contributed by atoms with Gasteiger partial charge in [-0.25, -0.2) is 0 Å². The predicted molar refractivity (Wildman–Crippen MR) is 100 cm³/mol. The molecule has 3 aromatic rings. The average molecular weight is 334 g/mol. The highest BCUT2D eigenvalue weighted by atomic mass is 16.3. The van der Waals surface area contributed by atoms with Crippen LogP contribution in [-0.2, 0) is 0 Å². The van der Waals surface area contributed by atoms with Crippen LogP contribution in [0, 0.1) is 0 Å². The minimum Gasteiger partial charge on any atom is -0.392 e. The Kier molecular flexibility index (Phi) is 4.86. The van der Waals surface area contributed by atoms with Crippen molar-refractivity contribution in [3.05, 3.63) is 80.4 Å². The molecule has 0 fully saturated rings. The molecule has 2 aromatic carbocycles. The van der Waals surface area contributed by atoms with Crippen LogP contribution in [0.4, 0.5) is 5.69 Å². The summed E-state index contributed by atoms with van der Waals surface area (Å²) in [5.41, 5.74) is 2.37. The molecule has 1 heterocycles. The summed E-state index contributed by atoms with van der Waals surface area (Å²) in [5.74, 6) is 0. The van der Waals surface area contributed by atoms with Gasteiger partial charge in [0.05, 0.1) is 17.4 Å². The number of nitrogens with one attached hydrogen (secondary N) is 1. The topological polar surface area (TPSA) is 79.3 Å². The second-order valence-electron chi connectivity index (χ2n) is 5.87. The summed E-state index contributed by atoms with van der Waals surface area (Å²) in [6.45, 7) is 1.84. The van der Waals surface area contributed by atoms with E-state index in [2.05, 4.69) is 10.3 Å². The molecule has 1 unspecified atom stereocenters. The van der Waals surface area contributed by atoms with Gasteiger partial charge in [0, 0.05) is 18.9 Å². The Bertz CT molecular complexity index is 951. The van der Waals surface area contributed by atoms with Gasteiger partial charge in [-0.1, -0.05) is 36.4 Å². The fourth-order valence-electron chi connectivity index (χ4n) is 2.51. The first-order chi connectivity index (χ1) is 12.1. The van der Waals surface area contributed by atoms with E-state index in [1.165, 1.54) is 0 Å². The third-order valence-corrected chi connectivity index (χ3v) is 3.86. The molecule has 25 heavy (non-hydrogen) atoms. The molecule has 0 aliphatic rings. The average Bonchev–Trinajstić information content (AvgIpc) is 2.64. The Morgan fingerprint density at radius 3 is 2.20 bits per heavy atom. The number of rotatable bonds is 6. The summed E-state index contributed by atoms with van der Waals surface area (Å²) >= 11 is 0. The van der Waals surface area contributed by atoms with Gasteiger partial charge < -0.3 is 10.4 Å². The second-order valence-corrected chi connectivity index (χ2v) is 5.87. The highest BCUT2D eigenvalue weighted by molar-refractivity contribution is 5.82. The Balaban J connectivity index is 1.79. The Hall–Kier alpha value is -3.05. The molecule has 0 bridgehead atoms. The first kappa shape index (κ1) is 16.8. The Labute approximate surface area is 145 Å². The third kappa shape index (κ3) is 3.72. The van der Waals surface area contributed by atoms with Crippen LogP contribution in [0.3, 0.4) is 0 Å². The van der Waals surface area contributed by atoms with Gasteiger partial charge in [0.1, 0.15) is 0 Å². The number of anilines is 1. The van der Waals surface area contributed by atoms with E-state index in [9.17, 15) is 14.7 Å². The second kappa shape index (κ2) is 7.23. The molecule has 0 radical (unpaired) electrons. The number of hydrogen-bond acceptors (Lipinski definition) is 5. The smallest absolute Gasteiger partial charge is 0.250 e. The summed E-state index contributed by atoms with van der Waals surface area (Å²) in [7, 11) is 0. The van der Waals surface area contributed by atoms with Gasteiger partial charge in [-0.15, -0.1) is 0 Å². The molecule has 0 aliphatic heterocycles. The monoisotopic (exact) mass is 334 g/mol. The Morgan fingerprint density at radius 2 is 1.60 bits per heavy atom. The van der Waals surface area contributed by atoms with Gasteiger partial charge in [0.2, 0.25) is 10.9 Å². The molecule has 1 atom stereocenters. The molecule has 126 valence electrons. The third-order valence-electron chi connectivity index (χ3n) is 3.86. The SMILES string of the molecule is CC(O)CNc1c(-c2ccc(C=Cc3ccncc3)cc2)c(=O)c1=O. The van der Waals surface area contributed by atoms with Crippen molar-refractivity contribution in [1.82, 2.24) is 4.98 Å². The molecule has 0 amide bonds. The molecule has 2 N–H and O–H groups in total. The lowest BCUT2D eigenvalue weighted by molar-refractivity contribution is 0.208. The van der Waals surface area contributed by atoms with E-state index in [1.54, 1.807) is 19.3 Å². The number of aliphatic hydroxyl groups excluding tert-OH is 1. The van der Waals surface area contributed by atoms with E-state index in [0.717, 1.165) is 11.1 Å². The van der Waals surface area contributed by atoms with Crippen molar-refractivity contribution in [2.24, 2.45) is 0 Å². The summed E-state index contributed by atoms with van der Waals surface area (Å²) in [6, 6.07) is 11.2. The van der Waals surface area contributed by atoms with Crippen molar-refractivity contribution in [3.8, 4) is 11.1 Å². The predicted octanol–water partition coefficient (Wildman–Crippen LogP) is 2.31. The molecule has 5 nitrogen and oxygen atoms in total. The highest BCUT2D eigenvalue weighted by Crippen LogP contribution is 2.24. The van der Waals surface area contributed by atoms with Gasteiger partial charge in [-0.2, -0.15) is 0 Å². The van der Waals surface area contributed by atoms with E-state index >= 15 is 0 Å². The molecule has 0 spiro atoms. The molecular weight excluding hydrogens is 316 g/mol. The zero-order chi connectivity index (χ0) is 17.8. The van der Waals surface area contributed by atoms with Crippen LogP contribution in [0.15, 0.2) is 58.4 Å². The molecule has 0 aliphatic carbocycles. The number of nitrogens with zero attached hydrogens (tertiary/aromatic N) is 1. The first-order valence-corrected chi connectivity index (χ1v) is 8.00. The standard InChI is InChI=1S/C20H18N2O3/c1-13(23)12-22-18-17(19(24)20(18)25)16-6-4-14(5-7-16)2-3-15-8-10-21-11-9-15/h2-11,13,22-23H,12H2,1H3. The van der Waals surface area contributed by atoms with E-state index in [-0.39, 0.29) is 12.2 Å². The maximum atomic E-state index is 11.9. The van der Waals surface area contributed by atoms with Crippen LogP contribution in [0.25, 0.3) is 23.3 Å². The summed E-state index contributed by atoms with van der Waals surface area (Å²) in [5, 5.41) is 12.2. The van der Waals surface area contributed by atoms with Gasteiger partial charge in [-0.3, -0.25) is 14.6 Å². The number of hydrogen-bond donors (Lipinski definition) is 2. The maximum absolute atomic E-state index is 11.9. The molecular formula is C20H18N2O3. The van der Waals surface area contributed by atoms with Crippen LogP contribution >= 0.6 is 0 Å². The molecule has 0 saturated heterocycles. The van der Waals surface area contributed by atoms with E-state index in [1.807, 2.05) is 48.6 Å². The number of aliphatic hydroxyl groups is 1. The Morgan fingerprint density at radius 1 is 1.00 bits per heavy atom. The molecule has 1 aromatic heterocycles. The maximum Gasteiger partial charge on any atom is 0.250 e. The lowest BCUT2D eigenvalue weighted by Crippen LogP contribution is -2.37. The lowest BCUT2D eigenvalue weighted by atomic mass is 9.97. The van der Waals surface area contributed by atoms with Gasteiger partial charge >= 0.3 is 0 Å². The van der Waals surface area contributed by atoms with Crippen molar-refractivity contribution in [2.75, 3.05) is 11.9 Å². The van der Waals surface area contributed by atoms with Crippen molar-refractivity contribution >= 4 is 17.8 Å². The highest BCUT2D eigenvalue weighted by Gasteiger charge is 2.22. The van der Waals surface area contributed by atoms with Gasteiger partial charge in [0.15, 0.2) is 0 Å². The van der Waals surface area contributed by atoms with Gasteiger partial charge in [0.25, 0.3) is 0 Å². The minimum absolute atomic E-state index is 0.227. The lowest BCUT2D eigenvalue weighted by Gasteiger charge is -2.14. The van der Waals surface area contributed by atoms with E-state index < -0.39 is 17.0 Å². The van der Waals surface area contributed by atoms with E-state index in [0.29, 0.717) is 11.1 Å². The summed E-state index contributed by atoms with van der Waals surface area (Å²) in [4.78, 5) is 27.6. The van der Waals surface area contributed by atoms with Crippen LogP contribution in [0.5, 0.6) is 0 Å². The van der Waals surface area contributed by atoms with Crippen LogP contribution in [-0.4, -0.2) is 22.7 Å². The number of benzene rings is 1. The van der Waals surface area contributed by atoms with Crippen molar-refractivity contribution in [2.45, 2.75) is 13.0 Å². The number of pyridine rings is 1. The minimum atomic E-state index is -0.599. The van der Waals surface area contributed by atoms with Crippen LogP contribution < -0.4 is 16.2 Å². The van der Waals surface area contributed by atoms with Crippen molar-refractivity contribution in [3.63, 3.8) is 0 Å². The van der Waals surface area contributed by atoms with Crippen molar-refractivity contribution < 1.29 is 5.11 Å².